The lowest BCUT2D eigenvalue weighted by molar-refractivity contribution is -0.120. The van der Waals surface area contributed by atoms with Gasteiger partial charge in [-0.3, -0.25) is 9.59 Å². The molecule has 0 saturated carbocycles. The Labute approximate surface area is 196 Å². The third-order valence-electron chi connectivity index (χ3n) is 6.57. The minimum absolute atomic E-state index is 0.00578. The van der Waals surface area contributed by atoms with Crippen molar-refractivity contribution in [3.05, 3.63) is 65.4 Å². The first kappa shape index (κ1) is 23.1. The molecule has 0 atom stereocenters. The number of ether oxygens (including phenoxy) is 1. The maximum absolute atomic E-state index is 13.7. The smallest absolute Gasteiger partial charge is 0.282 e. The van der Waals surface area contributed by atoms with Gasteiger partial charge >= 0.3 is 0 Å². The molecule has 0 unspecified atom stereocenters. The molecule has 0 aliphatic carbocycles. The van der Waals surface area contributed by atoms with Crippen LogP contribution in [0.3, 0.4) is 0 Å². The SMILES string of the molecule is CCN1CCN(C2=C(c3ccc(OC)cc3)C(=O)N(c3ccc(C(C)(C)C)cc3)C2=O)CC1. The monoisotopic (exact) mass is 447 g/mol. The summed E-state index contributed by atoms with van der Waals surface area (Å²) in [6, 6.07) is 15.1. The molecular weight excluding hydrogens is 414 g/mol. The molecule has 2 amide bonds. The Morgan fingerprint density at radius 1 is 0.848 bits per heavy atom. The van der Waals surface area contributed by atoms with Crippen LogP contribution in [0.1, 0.15) is 38.8 Å². The van der Waals surface area contributed by atoms with Crippen molar-refractivity contribution in [2.24, 2.45) is 0 Å². The Balaban J connectivity index is 1.74. The van der Waals surface area contributed by atoms with Crippen molar-refractivity contribution in [2.75, 3.05) is 44.7 Å². The third kappa shape index (κ3) is 4.40. The van der Waals surface area contributed by atoms with Gasteiger partial charge in [0.2, 0.25) is 0 Å². The predicted octanol–water partition coefficient (Wildman–Crippen LogP) is 3.91. The Morgan fingerprint density at radius 3 is 1.97 bits per heavy atom. The van der Waals surface area contributed by atoms with Crippen LogP contribution in [-0.2, 0) is 15.0 Å². The largest absolute Gasteiger partial charge is 0.497 e. The maximum atomic E-state index is 13.7. The number of likely N-dealkylation sites (N-methyl/N-ethyl adjacent to an activating group) is 1. The normalized spacial score (nSPS) is 17.8. The second-order valence-electron chi connectivity index (χ2n) is 9.62. The lowest BCUT2D eigenvalue weighted by Crippen LogP contribution is -2.47. The number of anilines is 1. The van der Waals surface area contributed by atoms with Crippen molar-refractivity contribution < 1.29 is 14.3 Å². The van der Waals surface area contributed by atoms with Gasteiger partial charge in [-0.25, -0.2) is 4.90 Å². The number of hydrogen-bond donors (Lipinski definition) is 0. The summed E-state index contributed by atoms with van der Waals surface area (Å²) in [6.07, 6.45) is 0. The van der Waals surface area contributed by atoms with Crippen molar-refractivity contribution in [2.45, 2.75) is 33.1 Å². The van der Waals surface area contributed by atoms with Crippen LogP contribution in [0.2, 0.25) is 0 Å². The van der Waals surface area contributed by atoms with Crippen molar-refractivity contribution in [1.82, 2.24) is 9.80 Å². The Hall–Kier alpha value is -3.12. The second-order valence-corrected chi connectivity index (χ2v) is 9.62. The molecule has 6 heteroatoms. The number of nitrogens with zero attached hydrogens (tertiary/aromatic N) is 3. The van der Waals surface area contributed by atoms with E-state index in [1.165, 1.54) is 4.90 Å². The number of carbonyl (C=O) groups is 2. The number of methoxy groups -OCH3 is 1. The number of carbonyl (C=O) groups excluding carboxylic acids is 2. The van der Waals surface area contributed by atoms with E-state index in [1.807, 2.05) is 48.5 Å². The van der Waals surface area contributed by atoms with Gasteiger partial charge in [-0.2, -0.15) is 0 Å². The van der Waals surface area contributed by atoms with Crippen molar-refractivity contribution >= 4 is 23.1 Å². The van der Waals surface area contributed by atoms with Crippen molar-refractivity contribution in [3.8, 4) is 5.75 Å². The van der Waals surface area contributed by atoms with Gasteiger partial charge in [-0.15, -0.1) is 0 Å². The summed E-state index contributed by atoms with van der Waals surface area (Å²) in [6.45, 7) is 12.7. The highest BCUT2D eigenvalue weighted by molar-refractivity contribution is 6.45. The number of benzene rings is 2. The van der Waals surface area contributed by atoms with Gasteiger partial charge < -0.3 is 14.5 Å². The first-order valence-electron chi connectivity index (χ1n) is 11.6. The fraction of sp³-hybridized carbons (Fsp3) is 0.407. The highest BCUT2D eigenvalue weighted by atomic mass is 16.5. The molecule has 1 fully saturated rings. The van der Waals surface area contributed by atoms with Crippen LogP contribution in [0.5, 0.6) is 5.75 Å². The van der Waals surface area contributed by atoms with E-state index < -0.39 is 0 Å². The van der Waals surface area contributed by atoms with Crippen LogP contribution in [-0.4, -0.2) is 61.4 Å². The average molecular weight is 448 g/mol. The van der Waals surface area contributed by atoms with E-state index in [1.54, 1.807) is 7.11 Å². The number of rotatable bonds is 5. The quantitative estimate of drug-likeness (QED) is 0.651. The molecule has 0 radical (unpaired) electrons. The van der Waals surface area contributed by atoms with E-state index in [-0.39, 0.29) is 17.2 Å². The number of imide groups is 1. The molecule has 6 nitrogen and oxygen atoms in total. The fourth-order valence-electron chi connectivity index (χ4n) is 4.46. The summed E-state index contributed by atoms with van der Waals surface area (Å²) in [5, 5.41) is 0. The first-order valence-corrected chi connectivity index (χ1v) is 11.6. The van der Waals surface area contributed by atoms with E-state index in [4.69, 9.17) is 4.74 Å². The zero-order valence-corrected chi connectivity index (χ0v) is 20.2. The van der Waals surface area contributed by atoms with Gasteiger partial charge in [0, 0.05) is 26.2 Å². The summed E-state index contributed by atoms with van der Waals surface area (Å²) < 4.78 is 5.28. The molecule has 0 spiro atoms. The zero-order chi connectivity index (χ0) is 23.8. The molecule has 2 aromatic carbocycles. The number of hydrogen-bond acceptors (Lipinski definition) is 5. The first-order chi connectivity index (χ1) is 15.7. The van der Waals surface area contributed by atoms with E-state index >= 15 is 0 Å². The molecule has 0 bridgehead atoms. The van der Waals surface area contributed by atoms with E-state index in [2.05, 4.69) is 37.5 Å². The van der Waals surface area contributed by atoms with Crippen LogP contribution in [0.15, 0.2) is 54.2 Å². The van der Waals surface area contributed by atoms with Gasteiger partial charge in [-0.05, 0) is 47.4 Å². The molecule has 33 heavy (non-hydrogen) atoms. The topological polar surface area (TPSA) is 53.1 Å². The summed E-state index contributed by atoms with van der Waals surface area (Å²) in [5.41, 5.74) is 3.45. The molecule has 1 saturated heterocycles. The van der Waals surface area contributed by atoms with Crippen LogP contribution in [0.4, 0.5) is 5.69 Å². The van der Waals surface area contributed by atoms with Gasteiger partial charge in [0.15, 0.2) is 0 Å². The maximum Gasteiger partial charge on any atom is 0.282 e. The minimum atomic E-state index is -0.276. The zero-order valence-electron chi connectivity index (χ0n) is 20.2. The summed E-state index contributed by atoms with van der Waals surface area (Å²) >= 11 is 0. The molecule has 2 heterocycles. The molecule has 0 N–H and O–H groups in total. The summed E-state index contributed by atoms with van der Waals surface area (Å²) in [4.78, 5) is 33.2. The lowest BCUT2D eigenvalue weighted by atomic mass is 9.87. The Kier molecular flexibility index (Phi) is 6.30. The number of amides is 2. The van der Waals surface area contributed by atoms with Gasteiger partial charge in [0.05, 0.1) is 18.4 Å². The molecule has 4 rings (SSSR count). The van der Waals surface area contributed by atoms with Gasteiger partial charge in [0.25, 0.3) is 11.8 Å². The highest BCUT2D eigenvalue weighted by Gasteiger charge is 2.43. The van der Waals surface area contributed by atoms with Gasteiger partial charge in [-0.1, -0.05) is 52.0 Å². The molecule has 2 aromatic rings. The van der Waals surface area contributed by atoms with E-state index in [0.717, 1.165) is 43.9 Å². The minimum Gasteiger partial charge on any atom is -0.497 e. The number of piperazine rings is 1. The molecule has 2 aliphatic rings. The third-order valence-corrected chi connectivity index (χ3v) is 6.57. The Morgan fingerprint density at radius 2 is 1.45 bits per heavy atom. The van der Waals surface area contributed by atoms with Crippen LogP contribution in [0.25, 0.3) is 5.57 Å². The van der Waals surface area contributed by atoms with Crippen molar-refractivity contribution in [1.29, 1.82) is 0 Å². The van der Waals surface area contributed by atoms with E-state index in [9.17, 15) is 9.59 Å². The molecule has 0 aromatic heterocycles. The molecular formula is C27H33N3O3. The fourth-order valence-corrected chi connectivity index (χ4v) is 4.46. The highest BCUT2D eigenvalue weighted by Crippen LogP contribution is 2.36. The van der Waals surface area contributed by atoms with E-state index in [0.29, 0.717) is 22.7 Å². The predicted molar refractivity (Wildman–Crippen MR) is 131 cm³/mol. The Bertz CT molecular complexity index is 1060. The molecule has 174 valence electrons. The standard InChI is InChI=1S/C27H33N3O3/c1-6-28-15-17-29(18-16-28)24-23(19-7-13-22(33-5)14-8-19)25(31)30(26(24)32)21-11-9-20(10-12-21)27(2,3)4/h7-14H,6,15-18H2,1-5H3. The van der Waals surface area contributed by atoms with Crippen LogP contribution in [0, 0.1) is 0 Å². The van der Waals surface area contributed by atoms with Crippen LogP contribution < -0.4 is 9.64 Å². The summed E-state index contributed by atoms with van der Waals surface area (Å²) in [7, 11) is 1.61. The average Bonchev–Trinajstić information content (AvgIpc) is 3.08. The van der Waals surface area contributed by atoms with Gasteiger partial charge in [0.1, 0.15) is 11.4 Å². The van der Waals surface area contributed by atoms with Crippen molar-refractivity contribution in [3.63, 3.8) is 0 Å². The molecule has 2 aliphatic heterocycles. The van der Waals surface area contributed by atoms with Crippen LogP contribution >= 0.6 is 0 Å². The summed E-state index contributed by atoms with van der Waals surface area (Å²) in [5.74, 6) is 0.185. The second kappa shape index (κ2) is 9.02. The lowest BCUT2D eigenvalue weighted by Gasteiger charge is -2.36.